The van der Waals surface area contributed by atoms with Crippen molar-refractivity contribution < 1.29 is 15.0 Å². The molecule has 0 saturated heterocycles. The second-order valence-electron chi connectivity index (χ2n) is 21.6. The van der Waals surface area contributed by atoms with Crippen molar-refractivity contribution in [3.8, 4) is 0 Å². The summed E-state index contributed by atoms with van der Waals surface area (Å²) in [5.74, 6) is 3.55. The molecule has 5 heteroatoms. The van der Waals surface area contributed by atoms with Crippen molar-refractivity contribution in [2.24, 2.45) is 46.3 Å². The molecule has 0 spiro atoms. The summed E-state index contributed by atoms with van der Waals surface area (Å²) in [4.78, 5) is 15.8. The number of hydrogen-bond donors (Lipinski definition) is 3. The first kappa shape index (κ1) is 50.0. The maximum absolute atomic E-state index is 13.0. The molecule has 0 heterocycles. The largest absolute Gasteiger partial charge is 0.393 e. The number of rotatable bonds is 32. The van der Waals surface area contributed by atoms with Crippen LogP contribution >= 0.6 is 0 Å². The van der Waals surface area contributed by atoms with Crippen LogP contribution in [0.2, 0.25) is 0 Å². The van der Waals surface area contributed by atoms with E-state index < -0.39 is 0 Å². The Bertz CT molecular complexity index is 1060. The Morgan fingerprint density at radius 1 is 0.621 bits per heavy atom. The van der Waals surface area contributed by atoms with Gasteiger partial charge in [0, 0.05) is 13.0 Å². The van der Waals surface area contributed by atoms with Crippen molar-refractivity contribution in [2.75, 3.05) is 26.2 Å². The van der Waals surface area contributed by atoms with E-state index in [1.165, 1.54) is 187 Å². The monoisotopic (exact) mass is 813 g/mol. The standard InChI is InChI=1S/C53H100N2O3/c1-6-8-10-12-14-16-18-22-26-38-55(39-27-23-19-17-15-13-11-9-7-2)40-28-24-20-21-25-37-54-50(58)32-29-43(3)46-30-31-47-51-48(34-36-53(46,47)5)52(4)35-33-45(56)41-44(52)42-49(51)57/h43-49,51,56-57H,6-42H2,1-5H3,(H,54,58)/t43-,44+,45-,46-,47+,48+,49+,51+,52+,53-/m1/s1. The van der Waals surface area contributed by atoms with Gasteiger partial charge in [0.05, 0.1) is 12.2 Å². The molecule has 0 aliphatic heterocycles. The highest BCUT2D eigenvalue weighted by Crippen LogP contribution is 2.68. The molecule has 0 aromatic rings. The normalized spacial score (nSPS) is 31.2. The third-order valence-corrected chi connectivity index (χ3v) is 17.4. The van der Waals surface area contributed by atoms with Gasteiger partial charge in [0.25, 0.3) is 0 Å². The van der Waals surface area contributed by atoms with Crippen molar-refractivity contribution in [3.05, 3.63) is 0 Å². The van der Waals surface area contributed by atoms with Crippen molar-refractivity contribution in [2.45, 2.75) is 259 Å². The Kier molecular flexibility index (Phi) is 23.6. The van der Waals surface area contributed by atoms with Gasteiger partial charge < -0.3 is 20.4 Å². The third kappa shape index (κ3) is 15.6. The zero-order valence-electron chi connectivity index (χ0n) is 39.5. The Morgan fingerprint density at radius 3 is 1.66 bits per heavy atom. The van der Waals surface area contributed by atoms with Crippen LogP contribution in [0.15, 0.2) is 0 Å². The molecule has 10 atom stereocenters. The van der Waals surface area contributed by atoms with E-state index in [4.69, 9.17) is 0 Å². The van der Waals surface area contributed by atoms with Gasteiger partial charge in [-0.1, -0.05) is 157 Å². The molecule has 4 aliphatic rings. The Labute approximate surface area is 361 Å². The molecule has 4 fully saturated rings. The highest BCUT2D eigenvalue weighted by atomic mass is 16.3. The summed E-state index contributed by atoms with van der Waals surface area (Å²) >= 11 is 0. The van der Waals surface area contributed by atoms with Crippen LogP contribution in [0.3, 0.4) is 0 Å². The zero-order chi connectivity index (χ0) is 41.6. The molecule has 58 heavy (non-hydrogen) atoms. The summed E-state index contributed by atoms with van der Waals surface area (Å²) in [6, 6.07) is 0. The van der Waals surface area contributed by atoms with Gasteiger partial charge in [0.1, 0.15) is 0 Å². The van der Waals surface area contributed by atoms with Gasteiger partial charge in [0.2, 0.25) is 5.91 Å². The fraction of sp³-hybridized carbons (Fsp3) is 0.981. The first-order valence-electron chi connectivity index (χ1n) is 26.5. The van der Waals surface area contributed by atoms with Crippen molar-refractivity contribution >= 4 is 5.91 Å². The van der Waals surface area contributed by atoms with E-state index >= 15 is 0 Å². The van der Waals surface area contributed by atoms with Gasteiger partial charge in [-0.15, -0.1) is 0 Å². The quantitative estimate of drug-likeness (QED) is 0.0592. The molecule has 0 aromatic carbocycles. The third-order valence-electron chi connectivity index (χ3n) is 17.4. The molecular weight excluding hydrogens is 713 g/mol. The highest BCUT2D eigenvalue weighted by molar-refractivity contribution is 5.75. The lowest BCUT2D eigenvalue weighted by Gasteiger charge is -2.62. The topological polar surface area (TPSA) is 72.8 Å². The minimum Gasteiger partial charge on any atom is -0.393 e. The SMILES string of the molecule is CCCCCCCCCCCN(CCCCCCCCCCC)CCCCCCCNC(=O)CC[C@@H](C)[C@H]1CC[C@H]2[C@@H]3[C@@H](O)C[C@@H]4C[C@H](O)CC[C@]4(C)[C@H]3CC[C@]12C. The average Bonchev–Trinajstić information content (AvgIpc) is 3.57. The lowest BCUT2D eigenvalue weighted by molar-refractivity contribution is -0.174. The van der Waals surface area contributed by atoms with E-state index in [0.29, 0.717) is 41.9 Å². The molecule has 4 aliphatic carbocycles. The fourth-order valence-corrected chi connectivity index (χ4v) is 13.7. The maximum atomic E-state index is 13.0. The molecule has 1 amide bonds. The van der Waals surface area contributed by atoms with Crippen LogP contribution in [-0.4, -0.2) is 59.4 Å². The van der Waals surface area contributed by atoms with Crippen LogP contribution in [0, 0.1) is 46.3 Å². The Balaban J connectivity index is 1.06. The summed E-state index contributed by atoms with van der Waals surface area (Å²) in [6.07, 6.45) is 41.8. The first-order chi connectivity index (χ1) is 28.1. The molecule has 0 aromatic heterocycles. The number of amides is 1. The maximum Gasteiger partial charge on any atom is 0.220 e. The van der Waals surface area contributed by atoms with Crippen LogP contribution in [-0.2, 0) is 4.79 Å². The second kappa shape index (κ2) is 27.4. The summed E-state index contributed by atoms with van der Waals surface area (Å²) < 4.78 is 0. The Hall–Kier alpha value is -0.650. The molecule has 3 N–H and O–H groups in total. The van der Waals surface area contributed by atoms with Gasteiger partial charge in [-0.3, -0.25) is 4.79 Å². The molecule has 340 valence electrons. The highest BCUT2D eigenvalue weighted by Gasteiger charge is 2.62. The summed E-state index contributed by atoms with van der Waals surface area (Å²) in [5.41, 5.74) is 0.568. The molecule has 0 bridgehead atoms. The van der Waals surface area contributed by atoms with Crippen molar-refractivity contribution in [3.63, 3.8) is 0 Å². The predicted molar refractivity (Wildman–Crippen MR) is 248 cm³/mol. The average molecular weight is 813 g/mol. The molecule has 5 nitrogen and oxygen atoms in total. The summed E-state index contributed by atoms with van der Waals surface area (Å²) in [7, 11) is 0. The van der Waals surface area contributed by atoms with Gasteiger partial charge in [0.15, 0.2) is 0 Å². The lowest BCUT2D eigenvalue weighted by Crippen LogP contribution is -2.58. The van der Waals surface area contributed by atoms with Crippen LogP contribution in [0.1, 0.15) is 247 Å². The number of unbranched alkanes of at least 4 members (excludes halogenated alkanes) is 20. The smallest absolute Gasteiger partial charge is 0.220 e. The van der Waals surface area contributed by atoms with E-state index in [9.17, 15) is 15.0 Å². The number of aliphatic hydroxyl groups is 2. The van der Waals surface area contributed by atoms with Gasteiger partial charge in [-0.2, -0.15) is 0 Å². The van der Waals surface area contributed by atoms with Crippen LogP contribution in [0.4, 0.5) is 0 Å². The minimum absolute atomic E-state index is 0.172. The van der Waals surface area contributed by atoms with E-state index in [-0.39, 0.29) is 28.9 Å². The number of fused-ring (bicyclic) bond motifs is 5. The predicted octanol–water partition coefficient (Wildman–Crippen LogP) is 13.8. The zero-order valence-corrected chi connectivity index (χ0v) is 39.5. The number of carbonyl (C=O) groups excluding carboxylic acids is 1. The van der Waals surface area contributed by atoms with Crippen LogP contribution in [0.5, 0.6) is 0 Å². The van der Waals surface area contributed by atoms with Gasteiger partial charge in [-0.05, 0) is 149 Å². The lowest BCUT2D eigenvalue weighted by atomic mass is 9.43. The number of aliphatic hydroxyl groups excluding tert-OH is 2. The Morgan fingerprint density at radius 2 is 1.10 bits per heavy atom. The van der Waals surface area contributed by atoms with Gasteiger partial charge >= 0.3 is 0 Å². The fourth-order valence-electron chi connectivity index (χ4n) is 13.7. The minimum atomic E-state index is -0.212. The van der Waals surface area contributed by atoms with Crippen LogP contribution < -0.4 is 5.32 Å². The number of hydrogen-bond acceptors (Lipinski definition) is 4. The summed E-state index contributed by atoms with van der Waals surface area (Å²) in [5, 5.41) is 25.3. The van der Waals surface area contributed by atoms with Crippen molar-refractivity contribution in [1.29, 1.82) is 0 Å². The number of nitrogens with one attached hydrogen (secondary N) is 1. The molecule has 0 radical (unpaired) electrons. The van der Waals surface area contributed by atoms with E-state index in [2.05, 4.69) is 44.8 Å². The molecular formula is C53H100N2O3. The molecule has 4 saturated carbocycles. The van der Waals surface area contributed by atoms with E-state index in [1.54, 1.807) is 0 Å². The molecule has 0 unspecified atom stereocenters. The van der Waals surface area contributed by atoms with Crippen molar-refractivity contribution in [1.82, 2.24) is 10.2 Å². The number of nitrogens with zero attached hydrogens (tertiary/aromatic N) is 1. The summed E-state index contributed by atoms with van der Waals surface area (Å²) in [6.45, 7) is 16.8. The van der Waals surface area contributed by atoms with Gasteiger partial charge in [-0.25, -0.2) is 0 Å². The first-order valence-corrected chi connectivity index (χ1v) is 26.5. The van der Waals surface area contributed by atoms with E-state index in [1.807, 2.05) is 0 Å². The second-order valence-corrected chi connectivity index (χ2v) is 21.6. The number of carbonyl (C=O) groups is 1. The molecule has 4 rings (SSSR count). The van der Waals surface area contributed by atoms with Crippen LogP contribution in [0.25, 0.3) is 0 Å². The van der Waals surface area contributed by atoms with E-state index in [0.717, 1.165) is 45.1 Å².